The van der Waals surface area contributed by atoms with Crippen LogP contribution in [0, 0.1) is 6.92 Å². The minimum Gasteiger partial charge on any atom is -0.492 e. The lowest BCUT2D eigenvalue weighted by Gasteiger charge is -2.22. The van der Waals surface area contributed by atoms with Gasteiger partial charge in [0.2, 0.25) is 0 Å². The Labute approximate surface area is 170 Å². The number of aliphatic imine (C=N–C) groups is 1. The van der Waals surface area contributed by atoms with E-state index in [9.17, 15) is 4.79 Å². The van der Waals surface area contributed by atoms with Crippen molar-refractivity contribution in [3.63, 3.8) is 0 Å². The second kappa shape index (κ2) is 11.2. The smallest absolute Gasteiger partial charge is 0.287 e. The number of benzene rings is 1. The van der Waals surface area contributed by atoms with Gasteiger partial charge in [-0.05, 0) is 37.6 Å². The highest BCUT2D eigenvalue weighted by Crippen LogP contribution is 2.16. The van der Waals surface area contributed by atoms with E-state index >= 15 is 0 Å². The lowest BCUT2D eigenvalue weighted by atomic mass is 10.2. The van der Waals surface area contributed by atoms with Crippen molar-refractivity contribution in [2.24, 2.45) is 4.99 Å². The van der Waals surface area contributed by atoms with Gasteiger partial charge in [0, 0.05) is 37.8 Å². The van der Waals surface area contributed by atoms with Gasteiger partial charge in [-0.1, -0.05) is 17.7 Å². The molecule has 0 atom stereocenters. The molecule has 28 heavy (non-hydrogen) atoms. The van der Waals surface area contributed by atoms with Crippen LogP contribution in [0.2, 0.25) is 5.02 Å². The van der Waals surface area contributed by atoms with Gasteiger partial charge in [-0.3, -0.25) is 9.79 Å². The molecule has 0 fully saturated rings. The zero-order valence-electron chi connectivity index (χ0n) is 16.5. The molecule has 1 aromatic carbocycles. The summed E-state index contributed by atoms with van der Waals surface area (Å²) >= 11 is 5.95. The number of hydrogen-bond donors (Lipinski definition) is 2. The third-order valence-corrected chi connectivity index (χ3v) is 4.29. The number of aryl methyl sites for hydroxylation is 1. The number of likely N-dealkylation sites (N-methyl/N-ethyl adjacent to an activating group) is 1. The van der Waals surface area contributed by atoms with Gasteiger partial charge in [-0.25, -0.2) is 0 Å². The van der Waals surface area contributed by atoms with Crippen LogP contribution >= 0.6 is 11.6 Å². The first-order valence-corrected chi connectivity index (χ1v) is 9.51. The van der Waals surface area contributed by atoms with Crippen molar-refractivity contribution in [2.75, 3.05) is 40.3 Å². The number of ether oxygens (including phenoxy) is 1. The van der Waals surface area contributed by atoms with Crippen molar-refractivity contribution >= 4 is 23.5 Å². The summed E-state index contributed by atoms with van der Waals surface area (Å²) < 4.78 is 10.9. The molecule has 0 saturated heterocycles. The van der Waals surface area contributed by atoms with Gasteiger partial charge < -0.3 is 24.7 Å². The van der Waals surface area contributed by atoms with E-state index in [1.807, 2.05) is 37.1 Å². The largest absolute Gasteiger partial charge is 0.492 e. The summed E-state index contributed by atoms with van der Waals surface area (Å²) in [5.41, 5.74) is 0.831. The van der Waals surface area contributed by atoms with Crippen LogP contribution in [0.25, 0.3) is 0 Å². The quantitative estimate of drug-likeness (QED) is 0.380. The predicted octanol–water partition coefficient (Wildman–Crippen LogP) is 2.95. The number of amides is 1. The van der Waals surface area contributed by atoms with E-state index in [0.717, 1.165) is 23.7 Å². The van der Waals surface area contributed by atoms with E-state index in [0.29, 0.717) is 37.0 Å². The molecular weight excluding hydrogens is 380 g/mol. The molecule has 2 aromatic rings. The number of guanidine groups is 1. The first-order chi connectivity index (χ1) is 13.5. The number of rotatable bonds is 9. The van der Waals surface area contributed by atoms with Gasteiger partial charge >= 0.3 is 0 Å². The molecule has 0 saturated carbocycles. The lowest BCUT2D eigenvalue weighted by molar-refractivity contribution is 0.0925. The topological polar surface area (TPSA) is 79.1 Å². The fourth-order valence-corrected chi connectivity index (χ4v) is 2.70. The zero-order chi connectivity index (χ0) is 20.4. The normalized spacial score (nSPS) is 11.2. The predicted molar refractivity (Wildman–Crippen MR) is 111 cm³/mol. The van der Waals surface area contributed by atoms with Crippen LogP contribution in [-0.4, -0.2) is 57.1 Å². The van der Waals surface area contributed by atoms with E-state index in [1.54, 1.807) is 19.2 Å². The van der Waals surface area contributed by atoms with E-state index in [1.165, 1.54) is 6.26 Å². The van der Waals surface area contributed by atoms with Crippen molar-refractivity contribution in [3.05, 3.63) is 52.9 Å². The van der Waals surface area contributed by atoms with Gasteiger partial charge in [-0.2, -0.15) is 0 Å². The molecule has 0 aliphatic rings. The van der Waals surface area contributed by atoms with Crippen LogP contribution < -0.4 is 15.4 Å². The van der Waals surface area contributed by atoms with Crippen LogP contribution in [0.1, 0.15) is 22.5 Å². The third kappa shape index (κ3) is 6.81. The summed E-state index contributed by atoms with van der Waals surface area (Å²) in [5, 5.41) is 6.77. The highest BCUT2D eigenvalue weighted by molar-refractivity contribution is 6.30. The number of nitrogens with zero attached hydrogens (tertiary/aromatic N) is 2. The Morgan fingerprint density at radius 1 is 1.29 bits per heavy atom. The number of halogens is 1. The Bertz CT molecular complexity index is 791. The van der Waals surface area contributed by atoms with Crippen LogP contribution in [0.5, 0.6) is 5.75 Å². The molecule has 8 heteroatoms. The fourth-order valence-electron chi connectivity index (χ4n) is 2.52. The molecule has 0 radical (unpaired) electrons. The van der Waals surface area contributed by atoms with Gasteiger partial charge in [0.1, 0.15) is 12.4 Å². The second-order valence-electron chi connectivity index (χ2n) is 6.24. The molecule has 0 unspecified atom stereocenters. The first-order valence-electron chi connectivity index (χ1n) is 9.13. The molecule has 0 aliphatic heterocycles. The van der Waals surface area contributed by atoms with Crippen molar-refractivity contribution in [1.82, 2.24) is 15.5 Å². The molecule has 1 aromatic heterocycles. The standard InChI is InChI=1S/C20H27ClN4O3/c1-15-8-12-28-18(15)19(26)23-9-5-10-24-20(22-2)25(3)11-13-27-17-7-4-6-16(21)14-17/h4,6-8,12,14H,5,9-11,13H2,1-3H3,(H,22,24)(H,23,26). The fraction of sp³-hybridized carbons (Fsp3) is 0.400. The Kier molecular flexibility index (Phi) is 8.68. The molecular formula is C20H27ClN4O3. The molecule has 7 nitrogen and oxygen atoms in total. The van der Waals surface area contributed by atoms with E-state index in [-0.39, 0.29) is 5.91 Å². The summed E-state index contributed by atoms with van der Waals surface area (Å²) in [7, 11) is 3.68. The van der Waals surface area contributed by atoms with E-state index < -0.39 is 0 Å². The molecule has 0 bridgehead atoms. The average Bonchev–Trinajstić information content (AvgIpc) is 3.10. The first kappa shape index (κ1) is 21.6. The molecule has 1 amide bonds. The molecule has 0 spiro atoms. The monoisotopic (exact) mass is 406 g/mol. The van der Waals surface area contributed by atoms with Gasteiger partial charge in [0.05, 0.1) is 12.8 Å². The van der Waals surface area contributed by atoms with Crippen LogP contribution in [-0.2, 0) is 0 Å². The molecule has 1 heterocycles. The SMILES string of the molecule is CN=C(NCCCNC(=O)c1occc1C)N(C)CCOc1cccc(Cl)c1. The lowest BCUT2D eigenvalue weighted by Crippen LogP contribution is -2.41. The zero-order valence-corrected chi connectivity index (χ0v) is 17.3. The summed E-state index contributed by atoms with van der Waals surface area (Å²) in [6.45, 7) is 4.25. The maximum atomic E-state index is 12.0. The second-order valence-corrected chi connectivity index (χ2v) is 6.68. The van der Waals surface area contributed by atoms with E-state index in [4.69, 9.17) is 20.8 Å². The average molecular weight is 407 g/mol. The number of furan rings is 1. The van der Waals surface area contributed by atoms with Gasteiger partial charge in [0.15, 0.2) is 11.7 Å². The third-order valence-electron chi connectivity index (χ3n) is 4.06. The number of carbonyl (C=O) groups excluding carboxylic acids is 1. The molecule has 0 aliphatic carbocycles. The molecule has 2 rings (SSSR count). The Morgan fingerprint density at radius 2 is 2.07 bits per heavy atom. The van der Waals surface area contributed by atoms with Gasteiger partial charge in [0.25, 0.3) is 5.91 Å². The number of carbonyl (C=O) groups is 1. The van der Waals surface area contributed by atoms with Crippen molar-refractivity contribution in [3.8, 4) is 5.75 Å². The Morgan fingerprint density at radius 3 is 2.75 bits per heavy atom. The maximum Gasteiger partial charge on any atom is 0.287 e. The summed E-state index contributed by atoms with van der Waals surface area (Å²) in [5.74, 6) is 1.68. The van der Waals surface area contributed by atoms with E-state index in [2.05, 4.69) is 15.6 Å². The Balaban J connectivity index is 1.63. The van der Waals surface area contributed by atoms with Crippen LogP contribution in [0.3, 0.4) is 0 Å². The molecule has 152 valence electrons. The van der Waals surface area contributed by atoms with Crippen LogP contribution in [0.15, 0.2) is 46.0 Å². The highest BCUT2D eigenvalue weighted by atomic mass is 35.5. The Hall–Kier alpha value is -2.67. The summed E-state index contributed by atoms with van der Waals surface area (Å²) in [6, 6.07) is 9.09. The molecule has 2 N–H and O–H groups in total. The number of hydrogen-bond acceptors (Lipinski definition) is 4. The minimum absolute atomic E-state index is 0.192. The van der Waals surface area contributed by atoms with Crippen molar-refractivity contribution in [1.29, 1.82) is 0 Å². The summed E-state index contributed by atoms with van der Waals surface area (Å²) in [6.07, 6.45) is 2.28. The minimum atomic E-state index is -0.192. The van der Waals surface area contributed by atoms with Crippen molar-refractivity contribution in [2.45, 2.75) is 13.3 Å². The maximum absolute atomic E-state index is 12.0. The number of nitrogens with one attached hydrogen (secondary N) is 2. The van der Waals surface area contributed by atoms with Gasteiger partial charge in [-0.15, -0.1) is 0 Å². The highest BCUT2D eigenvalue weighted by Gasteiger charge is 2.11. The van der Waals surface area contributed by atoms with Crippen LogP contribution in [0.4, 0.5) is 0 Å². The van der Waals surface area contributed by atoms with Crippen molar-refractivity contribution < 1.29 is 13.9 Å². The summed E-state index contributed by atoms with van der Waals surface area (Å²) in [4.78, 5) is 18.2.